The smallest absolute Gasteiger partial charge is 0.217 e. The van der Waals surface area contributed by atoms with Gasteiger partial charge in [-0.25, -0.2) is 0 Å². The number of carbonyl (C=O) groups is 1. The number of rotatable bonds is 16. The SMILES string of the molecule is CC(=O)N[C@H]1[C@H](OCCCCCCCCCCCOc2ccccc2)O[C@H](CO)[C@@H](O)[C@@H]1O. The first-order valence-electron chi connectivity index (χ1n) is 12.2. The largest absolute Gasteiger partial charge is 0.494 e. The molecule has 0 radical (unpaired) electrons. The molecule has 1 fully saturated rings. The van der Waals surface area contributed by atoms with Crippen LogP contribution in [-0.4, -0.2) is 71.7 Å². The van der Waals surface area contributed by atoms with Crippen LogP contribution in [0.4, 0.5) is 0 Å². The van der Waals surface area contributed by atoms with E-state index in [1.165, 1.54) is 39.0 Å². The molecule has 33 heavy (non-hydrogen) atoms. The summed E-state index contributed by atoms with van der Waals surface area (Å²) in [4.78, 5) is 11.4. The lowest BCUT2D eigenvalue weighted by Gasteiger charge is -2.42. The van der Waals surface area contributed by atoms with Crippen LogP contribution in [0.25, 0.3) is 0 Å². The standard InChI is InChI=1S/C25H41NO7/c1-19(28)26-22-24(30)23(29)21(18-27)33-25(22)32-17-13-8-6-4-2-3-5-7-12-16-31-20-14-10-9-11-15-20/h9-11,14-15,21-25,27,29-30H,2-8,12-13,16-18H2,1H3,(H,26,28)/t21-,22-,23-,24-,25-/m1/s1. The van der Waals surface area contributed by atoms with E-state index >= 15 is 0 Å². The molecule has 0 aromatic heterocycles. The van der Waals surface area contributed by atoms with E-state index in [0.29, 0.717) is 6.61 Å². The molecule has 0 saturated carbocycles. The van der Waals surface area contributed by atoms with Crippen LogP contribution in [0.3, 0.4) is 0 Å². The zero-order chi connectivity index (χ0) is 23.9. The Morgan fingerprint density at radius 1 is 0.909 bits per heavy atom. The van der Waals surface area contributed by atoms with Gasteiger partial charge in [-0.3, -0.25) is 4.79 Å². The Hall–Kier alpha value is -1.71. The second-order valence-corrected chi connectivity index (χ2v) is 8.65. The van der Waals surface area contributed by atoms with E-state index in [1.807, 2.05) is 30.3 Å². The van der Waals surface area contributed by atoms with Crippen LogP contribution in [0.2, 0.25) is 0 Å². The monoisotopic (exact) mass is 467 g/mol. The van der Waals surface area contributed by atoms with Gasteiger partial charge < -0.3 is 34.8 Å². The van der Waals surface area contributed by atoms with Gasteiger partial charge in [0, 0.05) is 13.5 Å². The summed E-state index contributed by atoms with van der Waals surface area (Å²) in [6.45, 7) is 2.08. The highest BCUT2D eigenvalue weighted by molar-refractivity contribution is 5.73. The summed E-state index contributed by atoms with van der Waals surface area (Å²) >= 11 is 0. The second-order valence-electron chi connectivity index (χ2n) is 8.65. The molecule has 8 nitrogen and oxygen atoms in total. The molecule has 8 heteroatoms. The fraction of sp³-hybridized carbons (Fsp3) is 0.720. The molecule has 2 rings (SSSR count). The van der Waals surface area contributed by atoms with Crippen molar-refractivity contribution in [3.05, 3.63) is 30.3 Å². The molecular weight excluding hydrogens is 426 g/mol. The minimum atomic E-state index is -1.29. The van der Waals surface area contributed by atoms with Crippen LogP contribution < -0.4 is 10.1 Å². The number of amides is 1. The summed E-state index contributed by atoms with van der Waals surface area (Å²) in [5.74, 6) is 0.582. The number of unbranched alkanes of at least 4 members (excludes halogenated alkanes) is 8. The van der Waals surface area contributed by atoms with Gasteiger partial charge in [-0.05, 0) is 25.0 Å². The van der Waals surface area contributed by atoms with Crippen molar-refractivity contribution in [1.29, 1.82) is 0 Å². The molecule has 5 atom stereocenters. The maximum Gasteiger partial charge on any atom is 0.217 e. The minimum absolute atomic E-state index is 0.352. The highest BCUT2D eigenvalue weighted by atomic mass is 16.7. The van der Waals surface area contributed by atoms with E-state index < -0.39 is 37.3 Å². The van der Waals surface area contributed by atoms with Gasteiger partial charge in [-0.2, -0.15) is 0 Å². The Kier molecular flexibility index (Phi) is 13.4. The van der Waals surface area contributed by atoms with Crippen LogP contribution in [0.5, 0.6) is 5.75 Å². The first kappa shape index (κ1) is 27.5. The Balaban J connectivity index is 1.47. The molecular formula is C25H41NO7. The summed E-state index contributed by atoms with van der Waals surface area (Å²) < 4.78 is 17.0. The number of benzene rings is 1. The summed E-state index contributed by atoms with van der Waals surface area (Å²) in [6.07, 6.45) is 5.72. The number of hydrogen-bond acceptors (Lipinski definition) is 7. The maximum atomic E-state index is 11.4. The fourth-order valence-electron chi connectivity index (χ4n) is 3.96. The highest BCUT2D eigenvalue weighted by Crippen LogP contribution is 2.22. The zero-order valence-corrected chi connectivity index (χ0v) is 19.7. The van der Waals surface area contributed by atoms with Gasteiger partial charge >= 0.3 is 0 Å². The molecule has 1 amide bonds. The lowest BCUT2D eigenvalue weighted by Crippen LogP contribution is -2.64. The van der Waals surface area contributed by atoms with Crippen LogP contribution in [0.15, 0.2) is 30.3 Å². The average Bonchev–Trinajstić information content (AvgIpc) is 2.81. The number of carbonyl (C=O) groups excluding carboxylic acids is 1. The van der Waals surface area contributed by atoms with Crippen molar-refractivity contribution in [2.24, 2.45) is 0 Å². The Morgan fingerprint density at radius 2 is 1.48 bits per heavy atom. The number of aliphatic hydroxyl groups excluding tert-OH is 3. The molecule has 1 aromatic rings. The second kappa shape index (κ2) is 16.0. The van der Waals surface area contributed by atoms with Gasteiger partial charge in [0.15, 0.2) is 6.29 Å². The lowest BCUT2D eigenvalue weighted by atomic mass is 9.97. The van der Waals surface area contributed by atoms with Gasteiger partial charge in [0.2, 0.25) is 5.91 Å². The topological polar surface area (TPSA) is 117 Å². The molecule has 188 valence electrons. The van der Waals surface area contributed by atoms with Crippen molar-refractivity contribution < 1.29 is 34.3 Å². The minimum Gasteiger partial charge on any atom is -0.494 e. The normalized spacial score (nSPS) is 25.0. The van der Waals surface area contributed by atoms with Crippen LogP contribution >= 0.6 is 0 Å². The van der Waals surface area contributed by atoms with Gasteiger partial charge in [-0.1, -0.05) is 63.1 Å². The van der Waals surface area contributed by atoms with Crippen molar-refractivity contribution in [3.8, 4) is 5.75 Å². The fourth-order valence-corrected chi connectivity index (χ4v) is 3.96. The number of aliphatic hydroxyl groups is 3. The van der Waals surface area contributed by atoms with Gasteiger partial charge in [0.25, 0.3) is 0 Å². The number of para-hydroxylation sites is 1. The van der Waals surface area contributed by atoms with Crippen molar-refractivity contribution in [1.82, 2.24) is 5.32 Å². The van der Waals surface area contributed by atoms with Gasteiger partial charge in [-0.15, -0.1) is 0 Å². The quantitative estimate of drug-likeness (QED) is 0.276. The maximum absolute atomic E-state index is 11.4. The third kappa shape index (κ3) is 10.4. The van der Waals surface area contributed by atoms with E-state index in [4.69, 9.17) is 14.2 Å². The molecule has 0 aliphatic carbocycles. The molecule has 0 bridgehead atoms. The highest BCUT2D eigenvalue weighted by Gasteiger charge is 2.45. The molecule has 0 unspecified atom stereocenters. The summed E-state index contributed by atoms with van der Waals surface area (Å²) in [6, 6.07) is 9.03. The molecule has 1 saturated heterocycles. The van der Waals surface area contributed by atoms with E-state index in [-0.39, 0.29) is 5.91 Å². The lowest BCUT2D eigenvalue weighted by molar-refractivity contribution is -0.270. The summed E-state index contributed by atoms with van der Waals surface area (Å²) in [5, 5.41) is 32.2. The third-order valence-corrected chi connectivity index (χ3v) is 5.83. The van der Waals surface area contributed by atoms with Gasteiger partial charge in [0.1, 0.15) is 30.1 Å². The van der Waals surface area contributed by atoms with Crippen molar-refractivity contribution in [2.75, 3.05) is 19.8 Å². The Morgan fingerprint density at radius 3 is 2.06 bits per heavy atom. The van der Waals surface area contributed by atoms with Crippen molar-refractivity contribution in [3.63, 3.8) is 0 Å². The first-order chi connectivity index (χ1) is 16.0. The Labute approximate surface area is 197 Å². The van der Waals surface area contributed by atoms with Crippen LogP contribution in [-0.2, 0) is 14.3 Å². The summed E-state index contributed by atoms with van der Waals surface area (Å²) in [5.41, 5.74) is 0. The van der Waals surface area contributed by atoms with Crippen molar-refractivity contribution in [2.45, 2.75) is 95.4 Å². The third-order valence-electron chi connectivity index (χ3n) is 5.83. The predicted octanol–water partition coefficient (Wildman–Crippen LogP) is 2.54. The molecule has 1 aromatic carbocycles. The molecule has 1 aliphatic rings. The van der Waals surface area contributed by atoms with E-state index in [0.717, 1.165) is 38.0 Å². The number of nitrogens with one attached hydrogen (secondary N) is 1. The predicted molar refractivity (Wildman–Crippen MR) is 125 cm³/mol. The molecule has 1 heterocycles. The first-order valence-corrected chi connectivity index (χ1v) is 12.2. The number of hydrogen-bond donors (Lipinski definition) is 4. The molecule has 0 spiro atoms. The average molecular weight is 468 g/mol. The van der Waals surface area contributed by atoms with Crippen LogP contribution in [0.1, 0.15) is 64.7 Å². The molecule has 1 aliphatic heterocycles. The van der Waals surface area contributed by atoms with Crippen molar-refractivity contribution >= 4 is 5.91 Å². The zero-order valence-electron chi connectivity index (χ0n) is 19.7. The van der Waals surface area contributed by atoms with E-state index in [9.17, 15) is 20.1 Å². The Bertz CT molecular complexity index is 645. The van der Waals surface area contributed by atoms with E-state index in [2.05, 4.69) is 5.32 Å². The van der Waals surface area contributed by atoms with E-state index in [1.54, 1.807) is 0 Å². The summed E-state index contributed by atoms with van der Waals surface area (Å²) in [7, 11) is 0. The number of ether oxygens (including phenoxy) is 3. The van der Waals surface area contributed by atoms with Gasteiger partial charge in [0.05, 0.1) is 13.2 Å². The molecule has 4 N–H and O–H groups in total. The van der Waals surface area contributed by atoms with Crippen LogP contribution in [0, 0.1) is 0 Å².